The third-order valence-corrected chi connectivity index (χ3v) is 11.5. The van der Waals surface area contributed by atoms with Crippen LogP contribution in [0.4, 0.5) is 5.69 Å². The highest BCUT2D eigenvalue weighted by molar-refractivity contribution is 7.18. The Morgan fingerprint density at radius 3 is 2.55 bits per heavy atom. The van der Waals surface area contributed by atoms with Crippen molar-refractivity contribution < 1.29 is 14.4 Å². The van der Waals surface area contributed by atoms with Crippen molar-refractivity contribution in [3.63, 3.8) is 0 Å². The van der Waals surface area contributed by atoms with Crippen LogP contribution in [0.25, 0.3) is 26.3 Å². The average Bonchev–Trinajstić information content (AvgIpc) is 3.55. The molecule has 0 saturated heterocycles. The normalized spacial score (nSPS) is 30.7. The number of ether oxygens (including phenoxy) is 1. The highest BCUT2D eigenvalue weighted by atomic mass is 35.5. The Morgan fingerprint density at radius 1 is 1.10 bits per heavy atom. The lowest BCUT2D eigenvalue weighted by atomic mass is 9.48. The molecular formula is C31H27Cl2N3O3S. The predicted molar refractivity (Wildman–Crippen MR) is 155 cm³/mol. The minimum absolute atomic E-state index is 0.0857. The van der Waals surface area contributed by atoms with Gasteiger partial charge in [-0.1, -0.05) is 40.5 Å². The Balaban J connectivity index is 1.10. The van der Waals surface area contributed by atoms with Gasteiger partial charge in [0.2, 0.25) is 0 Å². The number of benzene rings is 2. The first-order chi connectivity index (χ1) is 19.4. The summed E-state index contributed by atoms with van der Waals surface area (Å²) in [6, 6.07) is 11.1. The molecule has 4 aromatic rings. The van der Waals surface area contributed by atoms with Gasteiger partial charge in [0.1, 0.15) is 22.1 Å². The molecule has 5 aliphatic rings. The maximum atomic E-state index is 12.3. The Morgan fingerprint density at radius 2 is 1.85 bits per heavy atom. The first kappa shape index (κ1) is 25.3. The van der Waals surface area contributed by atoms with Crippen molar-refractivity contribution in [2.45, 2.75) is 68.7 Å². The van der Waals surface area contributed by atoms with Crippen LogP contribution in [0.3, 0.4) is 0 Å². The number of aromatic nitrogens is 2. The van der Waals surface area contributed by atoms with Gasteiger partial charge < -0.3 is 14.4 Å². The number of rotatable bonds is 6. The van der Waals surface area contributed by atoms with Crippen LogP contribution < -0.4 is 0 Å². The van der Waals surface area contributed by atoms with Crippen LogP contribution in [0.15, 0.2) is 40.9 Å². The second-order valence-electron chi connectivity index (χ2n) is 12.2. The summed E-state index contributed by atoms with van der Waals surface area (Å²) in [5.41, 5.74) is 2.51. The van der Waals surface area contributed by atoms with Crippen LogP contribution in [0.2, 0.25) is 10.0 Å². The fraction of sp³-hybridized carbons (Fsp3) is 0.452. The molecule has 6 nitrogen and oxygen atoms in total. The molecule has 40 heavy (non-hydrogen) atoms. The molecule has 0 spiro atoms. The van der Waals surface area contributed by atoms with Gasteiger partial charge in [0.15, 0.2) is 5.69 Å². The van der Waals surface area contributed by atoms with Crippen molar-refractivity contribution in [3.8, 4) is 11.3 Å². The molecule has 4 bridgehead atoms. The standard InChI is InChI=1S/C31H27Cl2N3O3S/c1-34-20-7-8-24-25(11-20)40-29(35-24)31(37)18-9-16-10-19(31)14-30(12-16,13-18)38-15-21-27(36-39-28(21)17-5-6-17)26-22(32)3-2-4-23(26)33/h2-4,7-8,11,16-19,37H,5-6,9-10,12-15H2/t16?,18-,19+,30?,31?. The van der Waals surface area contributed by atoms with Gasteiger partial charge in [0.05, 0.1) is 34.3 Å². The Hall–Kier alpha value is -2.47. The van der Waals surface area contributed by atoms with E-state index in [-0.39, 0.29) is 17.4 Å². The van der Waals surface area contributed by atoms with Gasteiger partial charge in [-0.3, -0.25) is 0 Å². The largest absolute Gasteiger partial charge is 0.382 e. The number of aliphatic hydroxyl groups is 1. The van der Waals surface area contributed by atoms with E-state index in [2.05, 4.69) is 10.0 Å². The van der Waals surface area contributed by atoms with Gasteiger partial charge in [-0.05, 0) is 87.0 Å². The minimum atomic E-state index is -0.960. The molecule has 2 aromatic heterocycles. The summed E-state index contributed by atoms with van der Waals surface area (Å²) in [5, 5.41) is 18.6. The summed E-state index contributed by atoms with van der Waals surface area (Å²) in [6.07, 6.45) is 6.75. The quantitative estimate of drug-likeness (QED) is 0.227. The van der Waals surface area contributed by atoms with Crippen LogP contribution in [-0.2, 0) is 16.9 Å². The van der Waals surface area contributed by atoms with Crippen molar-refractivity contribution in [2.24, 2.45) is 17.8 Å². The van der Waals surface area contributed by atoms with Crippen LogP contribution in [0.1, 0.15) is 67.2 Å². The van der Waals surface area contributed by atoms with E-state index in [1.165, 1.54) is 11.3 Å². The molecule has 5 atom stereocenters. The fourth-order valence-corrected chi connectivity index (χ4v) is 9.69. The molecule has 0 amide bonds. The maximum absolute atomic E-state index is 12.3. The molecule has 5 fully saturated rings. The number of thiazole rings is 1. The molecule has 0 aliphatic heterocycles. The summed E-state index contributed by atoms with van der Waals surface area (Å²) in [5.74, 6) is 1.96. The third kappa shape index (κ3) is 3.80. The molecule has 5 aliphatic carbocycles. The molecule has 5 saturated carbocycles. The van der Waals surface area contributed by atoms with E-state index in [9.17, 15) is 5.11 Å². The average molecular weight is 593 g/mol. The van der Waals surface area contributed by atoms with Gasteiger partial charge in [-0.15, -0.1) is 11.3 Å². The lowest BCUT2D eigenvalue weighted by Crippen LogP contribution is -2.62. The smallest absolute Gasteiger partial charge is 0.188 e. The SMILES string of the molecule is [C-]#[N+]c1ccc2nc(C3(O)[C@@H]4CC5C[C@H]3CC(OCc3c(-c6c(Cl)cccc6Cl)noc3C3CC3)(C5)C4)sc2c1. The molecular weight excluding hydrogens is 565 g/mol. The van der Waals surface area contributed by atoms with Gasteiger partial charge >= 0.3 is 0 Å². The highest BCUT2D eigenvalue weighted by Gasteiger charge is 2.64. The molecule has 3 unspecified atom stereocenters. The van der Waals surface area contributed by atoms with Gasteiger partial charge in [0, 0.05) is 21.7 Å². The van der Waals surface area contributed by atoms with E-state index < -0.39 is 5.60 Å². The third-order valence-electron chi connectivity index (χ3n) is 9.71. The van der Waals surface area contributed by atoms with Crippen LogP contribution in [-0.4, -0.2) is 20.8 Å². The second kappa shape index (κ2) is 9.01. The molecule has 9 heteroatoms. The van der Waals surface area contributed by atoms with E-state index in [0.717, 1.165) is 71.5 Å². The molecule has 9 rings (SSSR count). The van der Waals surface area contributed by atoms with Crippen LogP contribution >= 0.6 is 34.5 Å². The van der Waals surface area contributed by atoms with Gasteiger partial charge in [-0.25, -0.2) is 9.83 Å². The van der Waals surface area contributed by atoms with Gasteiger partial charge in [-0.2, -0.15) is 0 Å². The van der Waals surface area contributed by atoms with Crippen molar-refractivity contribution in [1.29, 1.82) is 0 Å². The highest BCUT2D eigenvalue weighted by Crippen LogP contribution is 2.65. The maximum Gasteiger partial charge on any atom is 0.188 e. The predicted octanol–water partition coefficient (Wildman–Crippen LogP) is 8.67. The monoisotopic (exact) mass is 591 g/mol. The summed E-state index contributed by atoms with van der Waals surface area (Å²) in [7, 11) is 0. The van der Waals surface area contributed by atoms with E-state index in [4.69, 9.17) is 44.0 Å². The van der Waals surface area contributed by atoms with Crippen LogP contribution in [0.5, 0.6) is 0 Å². The zero-order valence-corrected chi connectivity index (χ0v) is 24.0. The molecule has 204 valence electrons. The minimum Gasteiger partial charge on any atom is -0.382 e. The Bertz CT molecular complexity index is 1670. The number of hydrogen-bond donors (Lipinski definition) is 1. The summed E-state index contributed by atoms with van der Waals surface area (Å²) in [4.78, 5) is 8.46. The lowest BCUT2D eigenvalue weighted by molar-refractivity contribution is -0.250. The summed E-state index contributed by atoms with van der Waals surface area (Å²) >= 11 is 14.7. The van der Waals surface area contributed by atoms with Crippen molar-refractivity contribution in [3.05, 3.63) is 74.2 Å². The number of nitrogens with zero attached hydrogens (tertiary/aromatic N) is 3. The zero-order chi connectivity index (χ0) is 27.2. The lowest BCUT2D eigenvalue weighted by Gasteiger charge is -2.62. The first-order valence-electron chi connectivity index (χ1n) is 13.9. The second-order valence-corrected chi connectivity index (χ2v) is 14.0. The summed E-state index contributed by atoms with van der Waals surface area (Å²) in [6.45, 7) is 7.74. The summed E-state index contributed by atoms with van der Waals surface area (Å²) < 4.78 is 13.8. The zero-order valence-electron chi connectivity index (χ0n) is 21.7. The Labute approximate surface area is 246 Å². The molecule has 1 N–H and O–H groups in total. The fourth-order valence-electron chi connectivity index (χ4n) is 7.87. The van der Waals surface area contributed by atoms with E-state index >= 15 is 0 Å². The number of fused-ring (bicyclic) bond motifs is 1. The molecule has 0 radical (unpaired) electrons. The number of halogens is 2. The van der Waals surface area contributed by atoms with Crippen molar-refractivity contribution in [1.82, 2.24) is 10.1 Å². The van der Waals surface area contributed by atoms with E-state index in [1.54, 1.807) is 6.07 Å². The van der Waals surface area contributed by atoms with E-state index in [1.807, 2.05) is 30.3 Å². The van der Waals surface area contributed by atoms with E-state index in [0.29, 0.717) is 45.4 Å². The first-order valence-corrected chi connectivity index (χ1v) is 15.5. The topological polar surface area (TPSA) is 72.7 Å². The molecule has 2 aromatic carbocycles. The van der Waals surface area contributed by atoms with Crippen molar-refractivity contribution in [2.75, 3.05) is 0 Å². The number of hydrogen-bond acceptors (Lipinski definition) is 6. The molecule has 2 heterocycles. The van der Waals surface area contributed by atoms with Crippen molar-refractivity contribution >= 4 is 50.4 Å². The van der Waals surface area contributed by atoms with Crippen LogP contribution in [0, 0.1) is 24.3 Å². The Kier molecular flexibility index (Phi) is 5.69. The van der Waals surface area contributed by atoms with Gasteiger partial charge in [0.25, 0.3) is 0 Å².